The number of carbonyl (C=O) groups is 2. The minimum atomic E-state index is -1.02. The number of rotatable bonds is 8. The number of carboxylic acids is 1. The van der Waals surface area contributed by atoms with Crippen LogP contribution in [0.15, 0.2) is 0 Å². The third-order valence-electron chi connectivity index (χ3n) is 2.56. The Morgan fingerprint density at radius 1 is 1.33 bits per heavy atom. The molecule has 0 rings (SSSR count). The second kappa shape index (κ2) is 8.74. The van der Waals surface area contributed by atoms with Gasteiger partial charge in [0.25, 0.3) is 0 Å². The number of nitrogens with one attached hydrogen (secondary N) is 1. The standard InChI is InChI=1S/C12H24N2O4/c1-4-14(6-5-7-15)12(18)13-10(11(16)17)8-9(2)3/h9-10,15H,4-8H2,1-3H3,(H,13,18)(H,16,17). The summed E-state index contributed by atoms with van der Waals surface area (Å²) in [6.07, 6.45) is 0.891. The van der Waals surface area contributed by atoms with E-state index in [0.717, 1.165) is 0 Å². The number of nitrogens with zero attached hydrogens (tertiary/aromatic N) is 1. The maximum Gasteiger partial charge on any atom is 0.326 e. The fourth-order valence-electron chi connectivity index (χ4n) is 1.60. The van der Waals surface area contributed by atoms with Crippen molar-refractivity contribution in [3.05, 3.63) is 0 Å². The average molecular weight is 260 g/mol. The number of aliphatic hydroxyl groups excluding tert-OH is 1. The van der Waals surface area contributed by atoms with Gasteiger partial charge in [0.05, 0.1) is 0 Å². The molecule has 106 valence electrons. The van der Waals surface area contributed by atoms with Crippen LogP contribution in [0.4, 0.5) is 4.79 Å². The summed E-state index contributed by atoms with van der Waals surface area (Å²) in [6.45, 7) is 6.55. The third kappa shape index (κ3) is 6.44. The molecule has 6 heteroatoms. The van der Waals surface area contributed by atoms with Crippen LogP contribution in [0.25, 0.3) is 0 Å². The molecule has 0 spiro atoms. The van der Waals surface area contributed by atoms with E-state index in [4.69, 9.17) is 10.2 Å². The summed E-state index contributed by atoms with van der Waals surface area (Å²) in [5.41, 5.74) is 0. The van der Waals surface area contributed by atoms with Crippen molar-refractivity contribution >= 4 is 12.0 Å². The highest BCUT2D eigenvalue weighted by Crippen LogP contribution is 2.06. The van der Waals surface area contributed by atoms with Crippen LogP contribution in [0.5, 0.6) is 0 Å². The first-order valence-electron chi connectivity index (χ1n) is 6.31. The van der Waals surface area contributed by atoms with Crippen LogP contribution >= 0.6 is 0 Å². The molecule has 0 saturated heterocycles. The lowest BCUT2D eigenvalue weighted by atomic mass is 10.0. The van der Waals surface area contributed by atoms with Crippen LogP contribution < -0.4 is 5.32 Å². The predicted octanol–water partition coefficient (Wildman–Crippen LogP) is 0.900. The van der Waals surface area contributed by atoms with Gasteiger partial charge in [-0.3, -0.25) is 0 Å². The molecule has 18 heavy (non-hydrogen) atoms. The van der Waals surface area contributed by atoms with Crippen molar-refractivity contribution in [1.29, 1.82) is 0 Å². The van der Waals surface area contributed by atoms with Crippen molar-refractivity contribution in [3.8, 4) is 0 Å². The summed E-state index contributed by atoms with van der Waals surface area (Å²) in [7, 11) is 0. The van der Waals surface area contributed by atoms with Gasteiger partial charge in [-0.15, -0.1) is 0 Å². The molecule has 1 unspecified atom stereocenters. The van der Waals surface area contributed by atoms with E-state index < -0.39 is 12.0 Å². The first-order chi connectivity index (χ1) is 8.42. The smallest absolute Gasteiger partial charge is 0.326 e. The summed E-state index contributed by atoms with van der Waals surface area (Å²) < 4.78 is 0. The van der Waals surface area contributed by atoms with Crippen molar-refractivity contribution in [3.63, 3.8) is 0 Å². The van der Waals surface area contributed by atoms with Crippen molar-refractivity contribution in [2.24, 2.45) is 5.92 Å². The molecule has 0 saturated carbocycles. The lowest BCUT2D eigenvalue weighted by Gasteiger charge is -2.24. The van der Waals surface area contributed by atoms with E-state index in [2.05, 4.69) is 5.32 Å². The molecular weight excluding hydrogens is 236 g/mol. The van der Waals surface area contributed by atoms with Gasteiger partial charge in [-0.25, -0.2) is 9.59 Å². The second-order valence-corrected chi connectivity index (χ2v) is 4.63. The molecule has 0 aromatic rings. The molecule has 0 radical (unpaired) electrons. The monoisotopic (exact) mass is 260 g/mol. The zero-order chi connectivity index (χ0) is 14.1. The van der Waals surface area contributed by atoms with Crippen molar-refractivity contribution in [1.82, 2.24) is 10.2 Å². The molecule has 0 aliphatic heterocycles. The molecule has 0 bridgehead atoms. The molecular formula is C12H24N2O4. The Labute approximate surface area is 108 Å². The van der Waals surface area contributed by atoms with E-state index in [9.17, 15) is 9.59 Å². The topological polar surface area (TPSA) is 89.9 Å². The zero-order valence-electron chi connectivity index (χ0n) is 11.3. The Kier molecular flexibility index (Phi) is 8.11. The Balaban J connectivity index is 4.41. The molecule has 0 aromatic heterocycles. The van der Waals surface area contributed by atoms with Gasteiger partial charge in [0.1, 0.15) is 6.04 Å². The molecule has 1 atom stereocenters. The number of amides is 2. The molecule has 0 heterocycles. The largest absolute Gasteiger partial charge is 0.480 e. The van der Waals surface area contributed by atoms with E-state index in [1.807, 2.05) is 20.8 Å². The van der Waals surface area contributed by atoms with Gasteiger partial charge in [-0.2, -0.15) is 0 Å². The van der Waals surface area contributed by atoms with Crippen LogP contribution in [-0.4, -0.2) is 52.9 Å². The number of aliphatic carboxylic acids is 1. The van der Waals surface area contributed by atoms with Crippen molar-refractivity contribution in [2.75, 3.05) is 19.7 Å². The van der Waals surface area contributed by atoms with Gasteiger partial charge in [-0.1, -0.05) is 13.8 Å². The van der Waals surface area contributed by atoms with Crippen LogP contribution in [-0.2, 0) is 4.79 Å². The maximum absolute atomic E-state index is 11.8. The first-order valence-corrected chi connectivity index (χ1v) is 6.31. The Morgan fingerprint density at radius 3 is 2.33 bits per heavy atom. The first kappa shape index (κ1) is 16.7. The number of carboxylic acid groups (broad SMARTS) is 1. The third-order valence-corrected chi connectivity index (χ3v) is 2.56. The Hall–Kier alpha value is -1.30. The van der Waals surface area contributed by atoms with Gasteiger partial charge in [-0.05, 0) is 25.7 Å². The van der Waals surface area contributed by atoms with Crippen LogP contribution in [0, 0.1) is 5.92 Å². The van der Waals surface area contributed by atoms with Gasteiger partial charge in [0, 0.05) is 19.7 Å². The van der Waals surface area contributed by atoms with Gasteiger partial charge >= 0.3 is 12.0 Å². The van der Waals surface area contributed by atoms with Gasteiger partial charge in [0.2, 0.25) is 0 Å². The molecule has 0 aromatic carbocycles. The Bertz CT molecular complexity index is 269. The molecule has 3 N–H and O–H groups in total. The predicted molar refractivity (Wildman–Crippen MR) is 68.4 cm³/mol. The quantitative estimate of drug-likeness (QED) is 0.605. The molecule has 6 nitrogen and oxygen atoms in total. The summed E-state index contributed by atoms with van der Waals surface area (Å²) in [5, 5.41) is 20.3. The maximum atomic E-state index is 11.8. The van der Waals surface area contributed by atoms with E-state index in [0.29, 0.717) is 25.9 Å². The Morgan fingerprint density at radius 2 is 1.94 bits per heavy atom. The van der Waals surface area contributed by atoms with E-state index in [-0.39, 0.29) is 18.6 Å². The summed E-state index contributed by atoms with van der Waals surface area (Å²) in [4.78, 5) is 24.4. The second-order valence-electron chi connectivity index (χ2n) is 4.63. The normalized spacial score (nSPS) is 12.3. The lowest BCUT2D eigenvalue weighted by Crippen LogP contribution is -2.48. The van der Waals surface area contributed by atoms with Crippen molar-refractivity contribution in [2.45, 2.75) is 39.7 Å². The van der Waals surface area contributed by atoms with E-state index >= 15 is 0 Å². The summed E-state index contributed by atoms with van der Waals surface area (Å²) >= 11 is 0. The zero-order valence-corrected chi connectivity index (χ0v) is 11.3. The fourth-order valence-corrected chi connectivity index (χ4v) is 1.60. The number of urea groups is 1. The van der Waals surface area contributed by atoms with Crippen molar-refractivity contribution < 1.29 is 19.8 Å². The van der Waals surface area contributed by atoms with E-state index in [1.54, 1.807) is 0 Å². The van der Waals surface area contributed by atoms with Crippen LogP contribution in [0.1, 0.15) is 33.6 Å². The minimum Gasteiger partial charge on any atom is -0.480 e. The SMILES string of the molecule is CCN(CCCO)C(=O)NC(CC(C)C)C(=O)O. The number of hydrogen-bond donors (Lipinski definition) is 3. The number of carbonyl (C=O) groups excluding carboxylic acids is 1. The summed E-state index contributed by atoms with van der Waals surface area (Å²) in [6, 6.07) is -1.25. The molecule has 2 amide bonds. The number of hydrogen-bond acceptors (Lipinski definition) is 3. The minimum absolute atomic E-state index is 0.0120. The highest BCUT2D eigenvalue weighted by Gasteiger charge is 2.23. The average Bonchev–Trinajstić information content (AvgIpc) is 2.28. The summed E-state index contributed by atoms with van der Waals surface area (Å²) in [5.74, 6) is -0.825. The van der Waals surface area contributed by atoms with E-state index in [1.165, 1.54) is 4.90 Å². The molecule has 0 aliphatic carbocycles. The molecule has 0 aliphatic rings. The number of aliphatic hydroxyl groups is 1. The van der Waals surface area contributed by atoms with Gasteiger partial charge < -0.3 is 20.4 Å². The highest BCUT2D eigenvalue weighted by molar-refractivity contribution is 5.82. The lowest BCUT2D eigenvalue weighted by molar-refractivity contribution is -0.139. The fraction of sp³-hybridized carbons (Fsp3) is 0.833. The van der Waals surface area contributed by atoms with Crippen LogP contribution in [0.3, 0.4) is 0 Å². The van der Waals surface area contributed by atoms with Gasteiger partial charge in [0.15, 0.2) is 0 Å². The van der Waals surface area contributed by atoms with Crippen LogP contribution in [0.2, 0.25) is 0 Å². The molecule has 0 fully saturated rings. The highest BCUT2D eigenvalue weighted by atomic mass is 16.4.